The summed E-state index contributed by atoms with van der Waals surface area (Å²) in [6, 6.07) is 2.04. The third-order valence-corrected chi connectivity index (χ3v) is 4.77. The minimum absolute atomic E-state index is 0.129. The summed E-state index contributed by atoms with van der Waals surface area (Å²) in [5.41, 5.74) is 2.02. The van der Waals surface area contributed by atoms with E-state index in [1.54, 1.807) is 0 Å². The van der Waals surface area contributed by atoms with Crippen molar-refractivity contribution < 1.29 is 9.90 Å². The molecule has 0 spiro atoms. The summed E-state index contributed by atoms with van der Waals surface area (Å²) in [5, 5.41) is 22.1. The molecule has 0 radical (unpaired) electrons. The summed E-state index contributed by atoms with van der Waals surface area (Å²) in [6.07, 6.45) is 1.06. The van der Waals surface area contributed by atoms with Gasteiger partial charge in [0.2, 0.25) is 0 Å². The Morgan fingerprint density at radius 1 is 1.45 bits per heavy atom. The lowest BCUT2D eigenvalue weighted by molar-refractivity contribution is -0.136. The van der Waals surface area contributed by atoms with Crippen LogP contribution < -0.4 is 0 Å². The second-order valence-corrected chi connectivity index (χ2v) is 6.38. The summed E-state index contributed by atoms with van der Waals surface area (Å²) < 4.78 is 2.75. The maximum absolute atomic E-state index is 10.5. The average molecular weight is 312 g/mol. The molecule has 0 atom stereocenters. The lowest BCUT2D eigenvalue weighted by Gasteiger charge is -1.98. The lowest BCUT2D eigenvalue weighted by Crippen LogP contribution is -2.00. The van der Waals surface area contributed by atoms with Gasteiger partial charge in [0.1, 0.15) is 5.69 Å². The zero-order valence-electron chi connectivity index (χ0n) is 11.4. The SMILES string of the molecule is CCc1cc(-c2nnc(SCCC(=O)O)s2)nn1CC. The molecule has 2 rings (SSSR count). The van der Waals surface area contributed by atoms with Crippen molar-refractivity contribution in [2.24, 2.45) is 0 Å². The Morgan fingerprint density at radius 2 is 2.25 bits per heavy atom. The van der Waals surface area contributed by atoms with Crippen LogP contribution >= 0.6 is 23.1 Å². The predicted molar refractivity (Wildman–Crippen MR) is 79.2 cm³/mol. The number of carbonyl (C=O) groups is 1. The molecular formula is C12H16N4O2S2. The van der Waals surface area contributed by atoms with Gasteiger partial charge in [-0.15, -0.1) is 10.2 Å². The van der Waals surface area contributed by atoms with Crippen LogP contribution in [0.1, 0.15) is 26.0 Å². The van der Waals surface area contributed by atoms with E-state index >= 15 is 0 Å². The van der Waals surface area contributed by atoms with Crippen molar-refractivity contribution in [1.82, 2.24) is 20.0 Å². The molecule has 0 aliphatic heterocycles. The number of rotatable bonds is 7. The van der Waals surface area contributed by atoms with Gasteiger partial charge in [-0.25, -0.2) is 0 Å². The van der Waals surface area contributed by atoms with Gasteiger partial charge in [0, 0.05) is 18.0 Å². The molecule has 8 heteroatoms. The van der Waals surface area contributed by atoms with Crippen LogP contribution in [0.4, 0.5) is 0 Å². The molecule has 0 amide bonds. The first-order chi connectivity index (χ1) is 9.63. The quantitative estimate of drug-likeness (QED) is 0.791. The van der Waals surface area contributed by atoms with Crippen LogP contribution in [0.3, 0.4) is 0 Å². The zero-order chi connectivity index (χ0) is 14.5. The Morgan fingerprint density at radius 3 is 2.85 bits per heavy atom. The number of hydrogen-bond acceptors (Lipinski definition) is 6. The van der Waals surface area contributed by atoms with Crippen molar-refractivity contribution in [2.75, 3.05) is 5.75 Å². The summed E-state index contributed by atoms with van der Waals surface area (Å²) in [4.78, 5) is 10.5. The van der Waals surface area contributed by atoms with Crippen LogP contribution in [0.15, 0.2) is 10.4 Å². The Kier molecular flexibility index (Phi) is 5.13. The first kappa shape index (κ1) is 15.0. The van der Waals surface area contributed by atoms with E-state index in [0.717, 1.165) is 28.0 Å². The fourth-order valence-electron chi connectivity index (χ4n) is 1.72. The van der Waals surface area contributed by atoms with E-state index in [-0.39, 0.29) is 6.42 Å². The highest BCUT2D eigenvalue weighted by atomic mass is 32.2. The fourth-order valence-corrected chi connectivity index (χ4v) is 3.52. The molecule has 6 nitrogen and oxygen atoms in total. The van der Waals surface area contributed by atoms with E-state index in [4.69, 9.17) is 5.11 Å². The molecule has 1 N–H and O–H groups in total. The van der Waals surface area contributed by atoms with Gasteiger partial charge in [-0.05, 0) is 19.4 Å². The van der Waals surface area contributed by atoms with Gasteiger partial charge < -0.3 is 5.11 Å². The van der Waals surface area contributed by atoms with Crippen molar-refractivity contribution in [3.63, 3.8) is 0 Å². The molecule has 2 heterocycles. The topological polar surface area (TPSA) is 80.9 Å². The highest BCUT2D eigenvalue weighted by Crippen LogP contribution is 2.29. The summed E-state index contributed by atoms with van der Waals surface area (Å²) in [7, 11) is 0. The number of carboxylic acids is 1. The molecule has 0 aliphatic rings. The largest absolute Gasteiger partial charge is 0.481 e. The van der Waals surface area contributed by atoms with E-state index in [2.05, 4.69) is 29.1 Å². The molecular weight excluding hydrogens is 296 g/mol. The second kappa shape index (κ2) is 6.85. The highest BCUT2D eigenvalue weighted by Gasteiger charge is 2.13. The lowest BCUT2D eigenvalue weighted by atomic mass is 10.3. The van der Waals surface area contributed by atoms with Gasteiger partial charge in [-0.3, -0.25) is 9.48 Å². The van der Waals surface area contributed by atoms with Crippen molar-refractivity contribution in [2.45, 2.75) is 37.6 Å². The van der Waals surface area contributed by atoms with Crippen molar-refractivity contribution >= 4 is 29.1 Å². The standard InChI is InChI=1S/C12H16N4O2S2/c1-3-8-7-9(15-16(8)4-2)11-13-14-12(20-11)19-6-5-10(17)18/h7H,3-6H2,1-2H3,(H,17,18). The molecule has 0 unspecified atom stereocenters. The number of thioether (sulfide) groups is 1. The average Bonchev–Trinajstić information content (AvgIpc) is 3.03. The summed E-state index contributed by atoms with van der Waals surface area (Å²) >= 11 is 2.87. The van der Waals surface area contributed by atoms with Crippen LogP contribution in [0, 0.1) is 0 Å². The number of carboxylic acid groups (broad SMARTS) is 1. The number of nitrogens with zero attached hydrogens (tertiary/aromatic N) is 4. The Bertz CT molecular complexity index is 573. The maximum atomic E-state index is 10.5. The van der Waals surface area contributed by atoms with Gasteiger partial charge >= 0.3 is 5.97 Å². The zero-order valence-corrected chi connectivity index (χ0v) is 13.0. The minimum Gasteiger partial charge on any atom is -0.481 e. The maximum Gasteiger partial charge on any atom is 0.304 e. The van der Waals surface area contributed by atoms with E-state index in [1.807, 2.05) is 10.7 Å². The summed E-state index contributed by atoms with van der Waals surface area (Å²) in [5.74, 6) is -0.287. The molecule has 0 saturated heterocycles. The second-order valence-electron chi connectivity index (χ2n) is 4.06. The molecule has 2 aromatic rings. The third-order valence-electron chi connectivity index (χ3n) is 2.69. The van der Waals surface area contributed by atoms with Gasteiger partial charge in [0.25, 0.3) is 0 Å². The van der Waals surface area contributed by atoms with Crippen LogP contribution in [0.25, 0.3) is 10.7 Å². The van der Waals surface area contributed by atoms with E-state index < -0.39 is 5.97 Å². The van der Waals surface area contributed by atoms with Crippen LogP contribution in [-0.4, -0.2) is 36.8 Å². The van der Waals surface area contributed by atoms with Crippen molar-refractivity contribution in [3.05, 3.63) is 11.8 Å². The monoisotopic (exact) mass is 312 g/mol. The molecule has 0 saturated carbocycles. The Balaban J connectivity index is 2.08. The molecule has 108 valence electrons. The fraction of sp³-hybridized carbons (Fsp3) is 0.500. The van der Waals surface area contributed by atoms with Crippen LogP contribution in [-0.2, 0) is 17.8 Å². The highest BCUT2D eigenvalue weighted by molar-refractivity contribution is 8.01. The Labute approximate surface area is 125 Å². The van der Waals surface area contributed by atoms with Gasteiger partial charge in [0.15, 0.2) is 9.35 Å². The summed E-state index contributed by atoms with van der Waals surface area (Å²) in [6.45, 7) is 4.99. The molecule has 2 aromatic heterocycles. The van der Waals surface area contributed by atoms with Crippen molar-refractivity contribution in [3.8, 4) is 10.7 Å². The minimum atomic E-state index is -0.795. The van der Waals surface area contributed by atoms with E-state index in [0.29, 0.717) is 5.75 Å². The van der Waals surface area contributed by atoms with Gasteiger partial charge in [-0.2, -0.15) is 5.10 Å². The Hall–Kier alpha value is -1.41. The van der Waals surface area contributed by atoms with Gasteiger partial charge in [-0.1, -0.05) is 30.0 Å². The third kappa shape index (κ3) is 3.57. The van der Waals surface area contributed by atoms with E-state index in [1.165, 1.54) is 28.8 Å². The number of aliphatic carboxylic acids is 1. The van der Waals surface area contributed by atoms with Gasteiger partial charge in [0.05, 0.1) is 6.42 Å². The molecule has 0 fully saturated rings. The van der Waals surface area contributed by atoms with E-state index in [9.17, 15) is 4.79 Å². The number of aryl methyl sites for hydroxylation is 2. The first-order valence-corrected chi connectivity index (χ1v) is 8.19. The normalized spacial score (nSPS) is 10.9. The molecule has 0 aromatic carbocycles. The van der Waals surface area contributed by atoms with Crippen LogP contribution in [0.5, 0.6) is 0 Å². The number of hydrogen-bond donors (Lipinski definition) is 1. The molecule has 0 aliphatic carbocycles. The smallest absolute Gasteiger partial charge is 0.304 e. The predicted octanol–water partition coefficient (Wildman–Crippen LogP) is 2.55. The molecule has 20 heavy (non-hydrogen) atoms. The first-order valence-electron chi connectivity index (χ1n) is 6.39. The van der Waals surface area contributed by atoms with Crippen LogP contribution in [0.2, 0.25) is 0 Å². The van der Waals surface area contributed by atoms with Crippen molar-refractivity contribution in [1.29, 1.82) is 0 Å². The number of aromatic nitrogens is 4. The molecule has 0 bridgehead atoms.